The van der Waals surface area contributed by atoms with Crippen LogP contribution in [0.4, 0.5) is 8.78 Å². The Morgan fingerprint density at radius 1 is 1.03 bits per heavy atom. The number of carbonyl (C=O) groups is 1. The number of nitrogens with two attached hydrogens (primary N) is 1. The molecule has 178 valence electrons. The number of hydrogen-bond acceptors (Lipinski definition) is 4. The molecule has 34 heavy (non-hydrogen) atoms. The molecule has 7 heteroatoms. The van der Waals surface area contributed by atoms with Crippen LogP contribution in [0, 0.1) is 11.6 Å². The quantitative estimate of drug-likeness (QED) is 0.521. The molecule has 0 spiro atoms. The van der Waals surface area contributed by atoms with Crippen molar-refractivity contribution in [3.63, 3.8) is 0 Å². The number of primary amides is 1. The molecule has 2 unspecified atom stereocenters. The van der Waals surface area contributed by atoms with Gasteiger partial charge in [-0.1, -0.05) is 36.4 Å². The maximum absolute atomic E-state index is 14.4. The van der Waals surface area contributed by atoms with Crippen molar-refractivity contribution in [2.24, 2.45) is 5.73 Å². The van der Waals surface area contributed by atoms with Crippen molar-refractivity contribution < 1.29 is 23.0 Å². The summed E-state index contributed by atoms with van der Waals surface area (Å²) in [7, 11) is 3.14. The Morgan fingerprint density at radius 2 is 1.68 bits per heavy atom. The summed E-state index contributed by atoms with van der Waals surface area (Å²) in [4.78, 5) is 14.7. The molecule has 0 saturated carbocycles. The fourth-order valence-corrected chi connectivity index (χ4v) is 4.88. The average Bonchev–Trinajstić information content (AvgIpc) is 2.84. The lowest BCUT2D eigenvalue weighted by atomic mass is 9.86. The van der Waals surface area contributed by atoms with Crippen molar-refractivity contribution in [2.75, 3.05) is 20.8 Å². The molecule has 0 saturated heterocycles. The molecule has 4 rings (SSSR count). The summed E-state index contributed by atoms with van der Waals surface area (Å²) >= 11 is 0. The predicted molar refractivity (Wildman–Crippen MR) is 126 cm³/mol. The number of amides is 1. The highest BCUT2D eigenvalue weighted by Gasteiger charge is 2.36. The van der Waals surface area contributed by atoms with Crippen molar-refractivity contribution >= 4 is 5.91 Å². The maximum Gasteiger partial charge on any atom is 0.239 e. The van der Waals surface area contributed by atoms with Gasteiger partial charge in [-0.15, -0.1) is 0 Å². The SMILES string of the molecule is COc1cc2c(cc1OC)C(CCc1c(F)cccc1F)N(C(C(N)=O)c1ccccc1)CC2. The first-order valence-corrected chi connectivity index (χ1v) is 11.2. The monoisotopic (exact) mass is 466 g/mol. The molecule has 0 bridgehead atoms. The van der Waals surface area contributed by atoms with E-state index in [4.69, 9.17) is 15.2 Å². The van der Waals surface area contributed by atoms with E-state index < -0.39 is 23.6 Å². The van der Waals surface area contributed by atoms with Crippen molar-refractivity contribution in [2.45, 2.75) is 31.3 Å². The molecular weight excluding hydrogens is 438 g/mol. The van der Waals surface area contributed by atoms with E-state index in [-0.39, 0.29) is 18.0 Å². The van der Waals surface area contributed by atoms with Gasteiger partial charge >= 0.3 is 0 Å². The third kappa shape index (κ3) is 4.61. The van der Waals surface area contributed by atoms with Crippen molar-refractivity contribution in [3.8, 4) is 11.5 Å². The maximum atomic E-state index is 14.4. The number of methoxy groups -OCH3 is 2. The molecule has 0 aromatic heterocycles. The third-order valence-electron chi connectivity index (χ3n) is 6.49. The van der Waals surface area contributed by atoms with E-state index in [1.165, 1.54) is 18.2 Å². The van der Waals surface area contributed by atoms with Gasteiger partial charge in [-0.3, -0.25) is 9.69 Å². The minimum absolute atomic E-state index is 0.0328. The van der Waals surface area contributed by atoms with Crippen LogP contribution < -0.4 is 15.2 Å². The van der Waals surface area contributed by atoms with E-state index >= 15 is 0 Å². The van der Waals surface area contributed by atoms with Crippen LogP contribution in [0.1, 0.15) is 40.8 Å². The van der Waals surface area contributed by atoms with Crippen molar-refractivity contribution in [1.82, 2.24) is 4.90 Å². The zero-order valence-electron chi connectivity index (χ0n) is 19.3. The molecule has 3 aromatic carbocycles. The van der Waals surface area contributed by atoms with Crippen LogP contribution in [0.5, 0.6) is 11.5 Å². The summed E-state index contributed by atoms with van der Waals surface area (Å²) in [5.74, 6) is -0.463. The van der Waals surface area contributed by atoms with Gasteiger partial charge in [0.1, 0.15) is 17.7 Å². The number of fused-ring (bicyclic) bond motifs is 1. The lowest BCUT2D eigenvalue weighted by Gasteiger charge is -2.41. The highest BCUT2D eigenvalue weighted by molar-refractivity contribution is 5.81. The minimum Gasteiger partial charge on any atom is -0.493 e. The Balaban J connectivity index is 1.78. The van der Waals surface area contributed by atoms with E-state index in [2.05, 4.69) is 0 Å². The van der Waals surface area contributed by atoms with Crippen LogP contribution in [-0.2, 0) is 17.6 Å². The Kier molecular flexibility index (Phi) is 7.12. The number of carbonyl (C=O) groups excluding carboxylic acids is 1. The van der Waals surface area contributed by atoms with Gasteiger partial charge in [-0.25, -0.2) is 8.78 Å². The largest absolute Gasteiger partial charge is 0.493 e. The normalized spacial score (nSPS) is 16.5. The number of nitrogens with zero attached hydrogens (tertiary/aromatic N) is 1. The number of benzene rings is 3. The molecule has 2 atom stereocenters. The van der Waals surface area contributed by atoms with Gasteiger partial charge in [0.25, 0.3) is 0 Å². The van der Waals surface area contributed by atoms with Crippen LogP contribution in [0.25, 0.3) is 0 Å². The molecule has 1 aliphatic rings. The van der Waals surface area contributed by atoms with Gasteiger partial charge in [0.15, 0.2) is 11.5 Å². The first-order chi connectivity index (χ1) is 16.4. The lowest BCUT2D eigenvalue weighted by Crippen LogP contribution is -2.44. The minimum atomic E-state index is -0.682. The fraction of sp³-hybridized carbons (Fsp3) is 0.296. The van der Waals surface area contributed by atoms with E-state index in [1.54, 1.807) is 14.2 Å². The Bertz CT molecular complexity index is 1150. The van der Waals surface area contributed by atoms with Gasteiger partial charge in [0.2, 0.25) is 5.91 Å². The van der Waals surface area contributed by atoms with Crippen LogP contribution in [0.3, 0.4) is 0 Å². The Labute approximate surface area is 198 Å². The molecule has 0 fully saturated rings. The standard InChI is InChI=1S/C27H28F2N2O3/c1-33-24-15-18-13-14-31(26(27(30)32)17-7-4-3-5-8-17)23(20(18)16-25(24)34-2)12-11-19-21(28)9-6-10-22(19)29/h3-10,15-16,23,26H,11-14H2,1-2H3,(H2,30,32). The van der Waals surface area contributed by atoms with Gasteiger partial charge in [0.05, 0.1) is 14.2 Å². The van der Waals surface area contributed by atoms with Gasteiger partial charge in [-0.2, -0.15) is 0 Å². The Hall–Kier alpha value is -3.45. The molecule has 1 aliphatic heterocycles. The van der Waals surface area contributed by atoms with Gasteiger partial charge in [-0.05, 0) is 60.2 Å². The second-order valence-electron chi connectivity index (χ2n) is 8.36. The zero-order valence-corrected chi connectivity index (χ0v) is 19.3. The molecule has 1 heterocycles. The van der Waals surface area contributed by atoms with E-state index in [9.17, 15) is 13.6 Å². The zero-order chi connectivity index (χ0) is 24.2. The van der Waals surface area contributed by atoms with Gasteiger partial charge < -0.3 is 15.2 Å². The highest BCUT2D eigenvalue weighted by Crippen LogP contribution is 2.43. The summed E-state index contributed by atoms with van der Waals surface area (Å²) in [6.45, 7) is 0.551. The lowest BCUT2D eigenvalue weighted by molar-refractivity contribution is -0.124. The third-order valence-corrected chi connectivity index (χ3v) is 6.49. The number of ether oxygens (including phenoxy) is 2. The average molecular weight is 467 g/mol. The van der Waals surface area contributed by atoms with Crippen LogP contribution in [0.2, 0.25) is 0 Å². The highest BCUT2D eigenvalue weighted by atomic mass is 19.1. The summed E-state index contributed by atoms with van der Waals surface area (Å²) in [5, 5.41) is 0. The Morgan fingerprint density at radius 3 is 2.29 bits per heavy atom. The molecule has 0 radical (unpaired) electrons. The predicted octanol–water partition coefficient (Wildman–Crippen LogP) is 4.74. The van der Waals surface area contributed by atoms with Crippen LogP contribution in [0.15, 0.2) is 60.7 Å². The molecule has 5 nitrogen and oxygen atoms in total. The summed E-state index contributed by atoms with van der Waals surface area (Å²) in [5.41, 5.74) is 8.68. The van der Waals surface area contributed by atoms with E-state index in [0.717, 1.165) is 16.7 Å². The molecule has 0 aliphatic carbocycles. The number of hydrogen-bond donors (Lipinski definition) is 1. The number of rotatable bonds is 8. The van der Waals surface area contributed by atoms with E-state index in [0.29, 0.717) is 30.9 Å². The number of halogens is 2. The molecule has 3 aromatic rings. The summed E-state index contributed by atoms with van der Waals surface area (Å²) in [6, 6.07) is 16.0. The van der Waals surface area contributed by atoms with Gasteiger partial charge in [0, 0.05) is 18.2 Å². The topological polar surface area (TPSA) is 64.8 Å². The molecular formula is C27H28F2N2O3. The van der Waals surface area contributed by atoms with E-state index in [1.807, 2.05) is 47.4 Å². The summed E-state index contributed by atoms with van der Waals surface area (Å²) < 4.78 is 39.8. The van der Waals surface area contributed by atoms with Crippen molar-refractivity contribution in [1.29, 1.82) is 0 Å². The smallest absolute Gasteiger partial charge is 0.239 e. The fourth-order valence-electron chi connectivity index (χ4n) is 4.88. The molecule has 2 N–H and O–H groups in total. The summed E-state index contributed by atoms with van der Waals surface area (Å²) in [6.07, 6.45) is 1.21. The second kappa shape index (κ2) is 10.2. The van der Waals surface area contributed by atoms with Crippen LogP contribution in [-0.4, -0.2) is 31.6 Å². The second-order valence-corrected chi connectivity index (χ2v) is 8.36. The first-order valence-electron chi connectivity index (χ1n) is 11.2. The molecule has 1 amide bonds. The van der Waals surface area contributed by atoms with Crippen molar-refractivity contribution in [3.05, 3.63) is 94.6 Å². The first kappa shape index (κ1) is 23.7. The van der Waals surface area contributed by atoms with Crippen LogP contribution >= 0.6 is 0 Å².